The summed E-state index contributed by atoms with van der Waals surface area (Å²) in [6.07, 6.45) is 1.71. The maximum absolute atomic E-state index is 12.7. The van der Waals surface area contributed by atoms with Crippen molar-refractivity contribution >= 4 is 23.4 Å². The summed E-state index contributed by atoms with van der Waals surface area (Å²) in [5.74, 6) is 1.72. The number of hydrogen-bond acceptors (Lipinski definition) is 7. The summed E-state index contributed by atoms with van der Waals surface area (Å²) < 4.78 is 12.5. The zero-order valence-electron chi connectivity index (χ0n) is 18.5. The van der Waals surface area contributed by atoms with E-state index in [1.807, 2.05) is 54.0 Å². The van der Waals surface area contributed by atoms with E-state index in [0.717, 1.165) is 11.3 Å². The van der Waals surface area contributed by atoms with Crippen LogP contribution in [0.4, 0.5) is 5.69 Å². The molecule has 2 aromatic heterocycles. The monoisotopic (exact) mass is 461 g/mol. The maximum Gasteiger partial charge on any atom is 0.234 e. The lowest BCUT2D eigenvalue weighted by Crippen LogP contribution is -2.15. The third-order valence-corrected chi connectivity index (χ3v) is 5.76. The van der Waals surface area contributed by atoms with Crippen LogP contribution in [0.1, 0.15) is 5.56 Å². The number of benzene rings is 2. The van der Waals surface area contributed by atoms with Gasteiger partial charge in [-0.15, -0.1) is 10.2 Å². The van der Waals surface area contributed by atoms with E-state index in [9.17, 15) is 4.79 Å². The molecule has 0 saturated carbocycles. The fourth-order valence-electron chi connectivity index (χ4n) is 3.17. The van der Waals surface area contributed by atoms with Gasteiger partial charge in [0, 0.05) is 18.0 Å². The highest BCUT2D eigenvalue weighted by molar-refractivity contribution is 7.99. The van der Waals surface area contributed by atoms with Crippen molar-refractivity contribution in [1.82, 2.24) is 19.7 Å². The van der Waals surface area contributed by atoms with Gasteiger partial charge in [-0.1, -0.05) is 35.5 Å². The van der Waals surface area contributed by atoms with Crippen molar-refractivity contribution < 1.29 is 14.3 Å². The summed E-state index contributed by atoms with van der Waals surface area (Å²) in [5, 5.41) is 12.2. The molecular weight excluding hydrogens is 438 g/mol. The largest absolute Gasteiger partial charge is 0.497 e. The SMILES string of the molecule is COc1ccc(NC(=O)CSc2nnc(-c3ccccn3)n2-c2ccc(C)cc2)c(OC)c1. The highest BCUT2D eigenvalue weighted by Gasteiger charge is 2.18. The molecule has 0 aliphatic heterocycles. The van der Waals surface area contributed by atoms with Crippen molar-refractivity contribution in [3.63, 3.8) is 0 Å². The van der Waals surface area contributed by atoms with Crippen LogP contribution in [0.3, 0.4) is 0 Å². The van der Waals surface area contributed by atoms with Gasteiger partial charge >= 0.3 is 0 Å². The molecule has 2 heterocycles. The molecule has 0 bridgehead atoms. The third kappa shape index (κ3) is 5.15. The molecule has 0 fully saturated rings. The average Bonchev–Trinajstić information content (AvgIpc) is 3.28. The first-order valence-electron chi connectivity index (χ1n) is 10.2. The lowest BCUT2D eigenvalue weighted by molar-refractivity contribution is -0.113. The molecule has 4 aromatic rings. The first kappa shape index (κ1) is 22.3. The van der Waals surface area contributed by atoms with Crippen molar-refractivity contribution in [2.75, 3.05) is 25.3 Å². The van der Waals surface area contributed by atoms with Gasteiger partial charge in [0.05, 0.1) is 25.7 Å². The average molecular weight is 462 g/mol. The Bertz CT molecular complexity index is 1240. The number of aromatic nitrogens is 4. The Hall–Kier alpha value is -3.85. The number of hydrogen-bond donors (Lipinski definition) is 1. The molecule has 0 unspecified atom stereocenters. The Morgan fingerprint density at radius 1 is 1.03 bits per heavy atom. The second-order valence-corrected chi connectivity index (χ2v) is 8.04. The predicted octanol–water partition coefficient (Wildman–Crippen LogP) is 4.39. The zero-order valence-corrected chi connectivity index (χ0v) is 19.3. The quantitative estimate of drug-likeness (QED) is 0.389. The van der Waals surface area contributed by atoms with Crippen molar-refractivity contribution in [3.05, 3.63) is 72.4 Å². The standard InChI is InChI=1S/C24H23N5O3S/c1-16-7-9-17(10-8-16)29-23(20-6-4-5-13-25-20)27-28-24(29)33-15-22(30)26-19-12-11-18(31-2)14-21(19)32-3/h4-14H,15H2,1-3H3,(H,26,30). The van der Waals surface area contributed by atoms with Crippen LogP contribution in [0.25, 0.3) is 17.2 Å². The first-order valence-corrected chi connectivity index (χ1v) is 11.2. The molecule has 33 heavy (non-hydrogen) atoms. The van der Waals surface area contributed by atoms with E-state index < -0.39 is 0 Å². The minimum Gasteiger partial charge on any atom is -0.497 e. The molecule has 0 saturated heterocycles. The lowest BCUT2D eigenvalue weighted by Gasteiger charge is -2.12. The van der Waals surface area contributed by atoms with Crippen LogP contribution in [-0.2, 0) is 4.79 Å². The predicted molar refractivity (Wildman–Crippen MR) is 128 cm³/mol. The van der Waals surface area contributed by atoms with Crippen LogP contribution >= 0.6 is 11.8 Å². The number of nitrogens with one attached hydrogen (secondary N) is 1. The number of ether oxygens (including phenoxy) is 2. The van der Waals surface area contributed by atoms with Crippen molar-refractivity contribution in [1.29, 1.82) is 0 Å². The topological polar surface area (TPSA) is 91.2 Å². The second-order valence-electron chi connectivity index (χ2n) is 7.10. The molecule has 4 rings (SSSR count). The van der Waals surface area contributed by atoms with Crippen LogP contribution < -0.4 is 14.8 Å². The summed E-state index contributed by atoms with van der Waals surface area (Å²) >= 11 is 1.29. The molecule has 2 aromatic carbocycles. The molecule has 8 nitrogen and oxygen atoms in total. The van der Waals surface area contributed by atoms with Gasteiger partial charge in [-0.2, -0.15) is 0 Å². The Balaban J connectivity index is 1.56. The molecule has 9 heteroatoms. The smallest absolute Gasteiger partial charge is 0.234 e. The third-order valence-electron chi connectivity index (χ3n) is 4.83. The van der Waals surface area contributed by atoms with E-state index in [2.05, 4.69) is 20.5 Å². The molecule has 1 N–H and O–H groups in total. The summed E-state index contributed by atoms with van der Waals surface area (Å²) in [6.45, 7) is 2.03. The number of pyridine rings is 1. The molecule has 1 amide bonds. The summed E-state index contributed by atoms with van der Waals surface area (Å²) in [6, 6.07) is 18.9. The van der Waals surface area contributed by atoms with E-state index in [0.29, 0.717) is 33.9 Å². The maximum atomic E-state index is 12.7. The Labute approximate surface area is 196 Å². The van der Waals surface area contributed by atoms with Gasteiger partial charge in [0.15, 0.2) is 11.0 Å². The van der Waals surface area contributed by atoms with Crippen molar-refractivity contribution in [3.8, 4) is 28.7 Å². The van der Waals surface area contributed by atoms with Crippen LogP contribution in [-0.4, -0.2) is 45.6 Å². The number of thioether (sulfide) groups is 1. The highest BCUT2D eigenvalue weighted by Crippen LogP contribution is 2.30. The second kappa shape index (κ2) is 10.2. The first-order chi connectivity index (χ1) is 16.1. The highest BCUT2D eigenvalue weighted by atomic mass is 32.2. The van der Waals surface area contributed by atoms with Crippen LogP contribution in [0, 0.1) is 6.92 Å². The van der Waals surface area contributed by atoms with Gasteiger partial charge in [0.2, 0.25) is 5.91 Å². The number of amides is 1. The Morgan fingerprint density at radius 2 is 1.85 bits per heavy atom. The van der Waals surface area contributed by atoms with E-state index in [1.54, 1.807) is 38.6 Å². The fourth-order valence-corrected chi connectivity index (χ4v) is 3.92. The fraction of sp³-hybridized carbons (Fsp3) is 0.167. The summed E-state index contributed by atoms with van der Waals surface area (Å²) in [7, 11) is 3.12. The Kier molecular flexibility index (Phi) is 6.89. The van der Waals surface area contributed by atoms with Gasteiger partial charge in [-0.3, -0.25) is 14.3 Å². The number of rotatable bonds is 8. The molecule has 0 radical (unpaired) electrons. The number of methoxy groups -OCH3 is 2. The van der Waals surface area contributed by atoms with Crippen LogP contribution in [0.2, 0.25) is 0 Å². The molecule has 0 aliphatic carbocycles. The van der Waals surface area contributed by atoms with E-state index in [-0.39, 0.29) is 11.7 Å². The number of carbonyl (C=O) groups is 1. The van der Waals surface area contributed by atoms with Crippen molar-refractivity contribution in [2.45, 2.75) is 12.1 Å². The zero-order chi connectivity index (χ0) is 23.2. The van der Waals surface area contributed by atoms with Crippen LogP contribution in [0.5, 0.6) is 11.5 Å². The molecule has 168 valence electrons. The summed E-state index contributed by atoms with van der Waals surface area (Å²) in [4.78, 5) is 17.1. The number of anilines is 1. The molecule has 0 aliphatic rings. The van der Waals surface area contributed by atoms with Crippen LogP contribution in [0.15, 0.2) is 72.0 Å². The van der Waals surface area contributed by atoms with Gasteiger partial charge in [0.1, 0.15) is 17.2 Å². The number of carbonyl (C=O) groups excluding carboxylic acids is 1. The molecule has 0 atom stereocenters. The molecular formula is C24H23N5O3S. The van der Waals surface area contributed by atoms with E-state index in [4.69, 9.17) is 9.47 Å². The van der Waals surface area contributed by atoms with E-state index in [1.165, 1.54) is 11.8 Å². The Morgan fingerprint density at radius 3 is 2.55 bits per heavy atom. The number of nitrogens with zero attached hydrogens (tertiary/aromatic N) is 4. The van der Waals surface area contributed by atoms with Crippen molar-refractivity contribution in [2.24, 2.45) is 0 Å². The summed E-state index contributed by atoms with van der Waals surface area (Å²) in [5.41, 5.74) is 3.31. The number of aryl methyl sites for hydroxylation is 1. The van der Waals surface area contributed by atoms with E-state index >= 15 is 0 Å². The van der Waals surface area contributed by atoms with Gasteiger partial charge in [-0.05, 0) is 43.3 Å². The minimum atomic E-state index is -0.193. The van der Waals surface area contributed by atoms with Gasteiger partial charge < -0.3 is 14.8 Å². The van der Waals surface area contributed by atoms with Gasteiger partial charge in [0.25, 0.3) is 0 Å². The molecule has 0 spiro atoms. The lowest BCUT2D eigenvalue weighted by atomic mass is 10.2. The normalized spacial score (nSPS) is 10.6. The minimum absolute atomic E-state index is 0.140. The van der Waals surface area contributed by atoms with Gasteiger partial charge in [-0.25, -0.2) is 0 Å².